The van der Waals surface area contributed by atoms with Gasteiger partial charge in [0.25, 0.3) is 0 Å². The van der Waals surface area contributed by atoms with E-state index < -0.39 is 0 Å². The van der Waals surface area contributed by atoms with Crippen LogP contribution in [0.2, 0.25) is 0 Å². The van der Waals surface area contributed by atoms with Gasteiger partial charge < -0.3 is 14.8 Å². The zero-order valence-corrected chi connectivity index (χ0v) is 19.3. The molecule has 0 bridgehead atoms. The predicted octanol–water partition coefficient (Wildman–Crippen LogP) is 3.11. The fourth-order valence-electron chi connectivity index (χ4n) is 6.01. The van der Waals surface area contributed by atoms with Crippen molar-refractivity contribution in [3.63, 3.8) is 0 Å². The monoisotopic (exact) mass is 437 g/mol. The molecule has 3 aliphatic heterocycles. The first-order valence-electron chi connectivity index (χ1n) is 12.1. The molecule has 32 heavy (non-hydrogen) atoms. The predicted molar refractivity (Wildman–Crippen MR) is 127 cm³/mol. The van der Waals surface area contributed by atoms with Crippen LogP contribution < -0.4 is 15.5 Å². The normalized spacial score (nSPS) is 22.0. The molecule has 7 heteroatoms. The lowest BCUT2D eigenvalue weighted by Gasteiger charge is -2.35. The molecule has 1 aromatic heterocycles. The molecule has 1 aromatic carbocycles. The van der Waals surface area contributed by atoms with E-state index in [-0.39, 0.29) is 11.9 Å². The number of carbonyl (C=O) groups excluding carboxylic acids is 2. The van der Waals surface area contributed by atoms with Gasteiger partial charge in [0.05, 0.1) is 11.2 Å². The first-order valence-corrected chi connectivity index (χ1v) is 12.1. The summed E-state index contributed by atoms with van der Waals surface area (Å²) in [5.74, 6) is 1.20. The second kappa shape index (κ2) is 8.87. The van der Waals surface area contributed by atoms with Gasteiger partial charge in [0.2, 0.25) is 5.91 Å². The number of urea groups is 1. The second-order valence-corrected chi connectivity index (χ2v) is 9.75. The average molecular weight is 438 g/mol. The molecular weight excluding hydrogens is 402 g/mol. The largest absolute Gasteiger partial charge is 0.346 e. The van der Waals surface area contributed by atoms with Crippen molar-refractivity contribution in [1.29, 1.82) is 0 Å². The van der Waals surface area contributed by atoms with E-state index in [1.54, 1.807) is 4.90 Å². The summed E-state index contributed by atoms with van der Waals surface area (Å²) in [5, 5.41) is 7.19. The van der Waals surface area contributed by atoms with E-state index >= 15 is 0 Å². The maximum Gasteiger partial charge on any atom is 0.328 e. The van der Waals surface area contributed by atoms with E-state index in [0.29, 0.717) is 18.9 Å². The third-order valence-electron chi connectivity index (χ3n) is 7.85. The molecule has 0 aliphatic carbocycles. The maximum absolute atomic E-state index is 12.5. The lowest BCUT2D eigenvalue weighted by molar-refractivity contribution is -0.120. The maximum atomic E-state index is 12.5. The molecule has 0 saturated carbocycles. The number of hydrogen-bond donors (Lipinski definition) is 2. The molecule has 2 N–H and O–H groups in total. The minimum Gasteiger partial charge on any atom is -0.346 e. The van der Waals surface area contributed by atoms with Gasteiger partial charge in [-0.2, -0.15) is 0 Å². The minimum absolute atomic E-state index is 0.196. The molecule has 5 rings (SSSR count). The van der Waals surface area contributed by atoms with Crippen LogP contribution in [0.3, 0.4) is 0 Å². The molecule has 4 heterocycles. The Hall–Kier alpha value is -2.38. The van der Waals surface area contributed by atoms with Crippen LogP contribution in [0.15, 0.2) is 18.2 Å². The number of likely N-dealkylation sites (tertiary alicyclic amines) is 1. The molecule has 3 aliphatic rings. The Kier molecular flexibility index (Phi) is 5.95. The number of anilines is 1. The Morgan fingerprint density at radius 1 is 1.03 bits per heavy atom. The molecule has 3 saturated heterocycles. The van der Waals surface area contributed by atoms with Crippen LogP contribution in [0.5, 0.6) is 0 Å². The van der Waals surface area contributed by atoms with E-state index in [0.717, 1.165) is 17.1 Å². The summed E-state index contributed by atoms with van der Waals surface area (Å²) in [7, 11) is 2.10. The number of aryl methyl sites for hydroxylation is 1. The van der Waals surface area contributed by atoms with Crippen molar-refractivity contribution >= 4 is 28.5 Å². The van der Waals surface area contributed by atoms with E-state index in [1.807, 2.05) is 6.07 Å². The summed E-state index contributed by atoms with van der Waals surface area (Å²) in [6, 6.07) is 5.94. The number of rotatable bonds is 4. The molecule has 3 fully saturated rings. The summed E-state index contributed by atoms with van der Waals surface area (Å²) < 4.78 is 2.24. The summed E-state index contributed by atoms with van der Waals surface area (Å²) in [6.45, 7) is 8.56. The molecule has 0 radical (unpaired) electrons. The molecule has 0 atom stereocenters. The van der Waals surface area contributed by atoms with E-state index in [9.17, 15) is 9.59 Å². The summed E-state index contributed by atoms with van der Waals surface area (Å²) >= 11 is 0. The highest BCUT2D eigenvalue weighted by molar-refractivity contribution is 6.10. The standard InChI is InChI=1S/C25H35N5O2/c1-17-23(19-8-13-29(14-9-19)16-18-6-11-26-12-7-18)20-4-3-5-21(24(20)28(17)2)30-15-10-22(31)27-25(30)32/h3-5,18-19,26H,6-16H2,1-2H3,(H,27,31,32). The third kappa shape index (κ3) is 3.92. The first kappa shape index (κ1) is 21.5. The molecule has 0 spiro atoms. The number of benzene rings is 1. The van der Waals surface area contributed by atoms with Gasteiger partial charge in [-0.3, -0.25) is 15.0 Å². The zero-order chi connectivity index (χ0) is 22.2. The molecule has 172 valence electrons. The molecule has 7 nitrogen and oxygen atoms in total. The Morgan fingerprint density at radius 2 is 1.78 bits per heavy atom. The zero-order valence-electron chi connectivity index (χ0n) is 19.3. The molecular formula is C25H35N5O2. The first-order chi connectivity index (χ1) is 15.5. The minimum atomic E-state index is -0.319. The SMILES string of the molecule is Cc1c(C2CCN(CC3CCNCC3)CC2)c2cccc(N3CCC(=O)NC3=O)c2n1C. The molecule has 3 amide bonds. The van der Waals surface area contributed by atoms with Crippen molar-refractivity contribution in [2.75, 3.05) is 44.2 Å². The summed E-state index contributed by atoms with van der Waals surface area (Å²) in [4.78, 5) is 28.5. The number of imide groups is 1. The van der Waals surface area contributed by atoms with Crippen LogP contribution in [0.1, 0.15) is 49.3 Å². The number of nitrogens with one attached hydrogen (secondary N) is 2. The Balaban J connectivity index is 1.38. The van der Waals surface area contributed by atoms with Gasteiger partial charge in [-0.1, -0.05) is 12.1 Å². The van der Waals surface area contributed by atoms with Crippen LogP contribution in [-0.4, -0.2) is 60.7 Å². The van der Waals surface area contributed by atoms with E-state index in [1.165, 1.54) is 75.1 Å². The number of para-hydroxylation sites is 1. The van der Waals surface area contributed by atoms with Crippen molar-refractivity contribution in [3.05, 3.63) is 29.5 Å². The highest BCUT2D eigenvalue weighted by Gasteiger charge is 2.30. The number of carbonyl (C=O) groups is 2. The quantitative estimate of drug-likeness (QED) is 0.771. The molecule has 0 unspecified atom stereocenters. The Labute approximate surface area is 190 Å². The summed E-state index contributed by atoms with van der Waals surface area (Å²) in [6.07, 6.45) is 5.33. The smallest absolute Gasteiger partial charge is 0.328 e. The highest BCUT2D eigenvalue weighted by atomic mass is 16.2. The Morgan fingerprint density at radius 3 is 2.50 bits per heavy atom. The van der Waals surface area contributed by atoms with Crippen LogP contribution in [-0.2, 0) is 11.8 Å². The van der Waals surface area contributed by atoms with Gasteiger partial charge in [-0.05, 0) is 82.3 Å². The fraction of sp³-hybridized carbons (Fsp3) is 0.600. The van der Waals surface area contributed by atoms with E-state index in [4.69, 9.17) is 0 Å². The average Bonchev–Trinajstić information content (AvgIpc) is 3.06. The number of piperidine rings is 2. The summed E-state index contributed by atoms with van der Waals surface area (Å²) in [5.41, 5.74) is 4.73. The van der Waals surface area contributed by atoms with Gasteiger partial charge in [0.1, 0.15) is 0 Å². The van der Waals surface area contributed by atoms with Crippen LogP contribution in [0, 0.1) is 12.8 Å². The van der Waals surface area contributed by atoms with Crippen molar-refractivity contribution in [1.82, 2.24) is 20.1 Å². The second-order valence-electron chi connectivity index (χ2n) is 9.75. The van der Waals surface area contributed by atoms with Gasteiger partial charge in [0.15, 0.2) is 0 Å². The van der Waals surface area contributed by atoms with Crippen LogP contribution in [0.4, 0.5) is 10.5 Å². The molecule has 2 aromatic rings. The van der Waals surface area contributed by atoms with Gasteiger partial charge in [-0.25, -0.2) is 4.79 Å². The number of hydrogen-bond acceptors (Lipinski definition) is 4. The van der Waals surface area contributed by atoms with Crippen LogP contribution in [0.25, 0.3) is 10.9 Å². The Bertz CT molecular complexity index is 1010. The van der Waals surface area contributed by atoms with Gasteiger partial charge in [0, 0.05) is 37.6 Å². The number of aromatic nitrogens is 1. The number of amides is 3. The fourth-order valence-corrected chi connectivity index (χ4v) is 6.01. The lowest BCUT2D eigenvalue weighted by atomic mass is 9.86. The van der Waals surface area contributed by atoms with Gasteiger partial charge in [-0.15, -0.1) is 0 Å². The van der Waals surface area contributed by atoms with Crippen molar-refractivity contribution in [2.24, 2.45) is 13.0 Å². The highest BCUT2D eigenvalue weighted by Crippen LogP contribution is 2.40. The van der Waals surface area contributed by atoms with E-state index in [2.05, 4.69) is 46.2 Å². The van der Waals surface area contributed by atoms with Crippen molar-refractivity contribution < 1.29 is 9.59 Å². The third-order valence-corrected chi connectivity index (χ3v) is 7.85. The van der Waals surface area contributed by atoms with Crippen LogP contribution >= 0.6 is 0 Å². The topological polar surface area (TPSA) is 69.6 Å². The number of fused-ring (bicyclic) bond motifs is 1. The lowest BCUT2D eigenvalue weighted by Crippen LogP contribution is -2.49. The number of nitrogens with zero attached hydrogens (tertiary/aromatic N) is 3. The van der Waals surface area contributed by atoms with Crippen molar-refractivity contribution in [2.45, 2.75) is 44.9 Å². The van der Waals surface area contributed by atoms with Crippen molar-refractivity contribution in [3.8, 4) is 0 Å². The van der Waals surface area contributed by atoms with Gasteiger partial charge >= 0.3 is 6.03 Å².